The molecule has 0 N–H and O–H groups in total. The molecule has 0 radical (unpaired) electrons. The molecule has 7 heteroatoms. The summed E-state index contributed by atoms with van der Waals surface area (Å²) in [6, 6.07) is 5.47. The number of benzene rings is 1. The van der Waals surface area contributed by atoms with E-state index in [2.05, 4.69) is 0 Å². The molecule has 0 aliphatic carbocycles. The normalized spacial score (nSPS) is 16.3. The minimum Gasteiger partial charge on any atom is -0.497 e. The molecule has 23 heavy (non-hydrogen) atoms. The highest BCUT2D eigenvalue weighted by molar-refractivity contribution is 8.26. The quantitative estimate of drug-likeness (QED) is 0.427. The van der Waals surface area contributed by atoms with Gasteiger partial charge in [0, 0.05) is 31.9 Å². The van der Waals surface area contributed by atoms with Crippen LogP contribution in [0.2, 0.25) is 0 Å². The van der Waals surface area contributed by atoms with Crippen molar-refractivity contribution in [3.05, 3.63) is 28.7 Å². The number of carbonyl (C=O) groups excluding carboxylic acids is 1. The molecule has 1 aromatic carbocycles. The van der Waals surface area contributed by atoms with E-state index in [9.17, 15) is 4.79 Å². The summed E-state index contributed by atoms with van der Waals surface area (Å²) in [4.78, 5) is 14.7. The van der Waals surface area contributed by atoms with E-state index in [1.165, 1.54) is 11.8 Å². The molecule has 0 aromatic heterocycles. The number of carbonyl (C=O) groups is 1. The average Bonchev–Trinajstić information content (AvgIpc) is 2.82. The fourth-order valence-corrected chi connectivity index (χ4v) is 3.44. The number of ether oxygens (including phenoxy) is 3. The monoisotopic (exact) mass is 353 g/mol. The van der Waals surface area contributed by atoms with Crippen molar-refractivity contribution in [3.8, 4) is 11.5 Å². The summed E-state index contributed by atoms with van der Waals surface area (Å²) in [5, 5.41) is 0. The standard InChI is InChI=1S/C16H19NO4S2/c1-19-8-4-7-17-15(18)14(23-16(17)22)9-11-5-6-12(20-2)10-13(11)21-3/h5-6,9-10H,4,7-8H2,1-3H3/b14-9+. The predicted octanol–water partition coefficient (Wildman–Crippen LogP) is 2.94. The van der Waals surface area contributed by atoms with Crippen molar-refractivity contribution in [1.82, 2.24) is 4.90 Å². The van der Waals surface area contributed by atoms with Gasteiger partial charge in [0.05, 0.1) is 19.1 Å². The largest absolute Gasteiger partial charge is 0.497 e. The molecule has 124 valence electrons. The summed E-state index contributed by atoms with van der Waals surface area (Å²) >= 11 is 6.60. The topological polar surface area (TPSA) is 48.0 Å². The molecular formula is C16H19NO4S2. The Morgan fingerprint density at radius 3 is 2.70 bits per heavy atom. The molecule has 1 heterocycles. The van der Waals surface area contributed by atoms with Crippen molar-refractivity contribution in [2.75, 3.05) is 34.5 Å². The van der Waals surface area contributed by atoms with Gasteiger partial charge < -0.3 is 14.2 Å². The molecule has 0 atom stereocenters. The van der Waals surface area contributed by atoms with Gasteiger partial charge in [-0.3, -0.25) is 9.69 Å². The third kappa shape index (κ3) is 4.25. The maximum atomic E-state index is 12.5. The van der Waals surface area contributed by atoms with Gasteiger partial charge in [0.2, 0.25) is 0 Å². The van der Waals surface area contributed by atoms with Crippen molar-refractivity contribution in [3.63, 3.8) is 0 Å². The van der Waals surface area contributed by atoms with Crippen molar-refractivity contribution < 1.29 is 19.0 Å². The van der Waals surface area contributed by atoms with E-state index in [1.54, 1.807) is 38.4 Å². The van der Waals surface area contributed by atoms with Crippen LogP contribution in [0.25, 0.3) is 6.08 Å². The first kappa shape index (κ1) is 17.8. The van der Waals surface area contributed by atoms with E-state index in [0.29, 0.717) is 33.9 Å². The van der Waals surface area contributed by atoms with Gasteiger partial charge in [0.25, 0.3) is 5.91 Å². The van der Waals surface area contributed by atoms with Crippen LogP contribution in [-0.2, 0) is 9.53 Å². The second-order valence-electron chi connectivity index (χ2n) is 4.79. The molecular weight excluding hydrogens is 334 g/mol. The second-order valence-corrected chi connectivity index (χ2v) is 6.46. The van der Waals surface area contributed by atoms with Gasteiger partial charge in [-0.2, -0.15) is 0 Å². The van der Waals surface area contributed by atoms with Gasteiger partial charge >= 0.3 is 0 Å². The number of hydrogen-bond donors (Lipinski definition) is 0. The Morgan fingerprint density at radius 2 is 2.04 bits per heavy atom. The van der Waals surface area contributed by atoms with Crippen LogP contribution in [0.4, 0.5) is 0 Å². The third-order valence-corrected chi connectivity index (χ3v) is 4.71. The Morgan fingerprint density at radius 1 is 1.26 bits per heavy atom. The molecule has 2 rings (SSSR count). The molecule has 1 aliphatic heterocycles. The molecule has 5 nitrogen and oxygen atoms in total. The van der Waals surface area contributed by atoms with Gasteiger partial charge in [-0.15, -0.1) is 0 Å². The van der Waals surface area contributed by atoms with E-state index in [1.807, 2.05) is 12.1 Å². The lowest BCUT2D eigenvalue weighted by Gasteiger charge is -2.13. The van der Waals surface area contributed by atoms with E-state index in [-0.39, 0.29) is 5.91 Å². The smallest absolute Gasteiger partial charge is 0.266 e. The molecule has 1 aromatic rings. The summed E-state index contributed by atoms with van der Waals surface area (Å²) in [5.41, 5.74) is 0.811. The minimum absolute atomic E-state index is 0.0750. The summed E-state index contributed by atoms with van der Waals surface area (Å²) in [7, 11) is 4.82. The maximum absolute atomic E-state index is 12.5. The minimum atomic E-state index is -0.0750. The number of nitrogens with zero attached hydrogens (tertiary/aromatic N) is 1. The number of amides is 1. The van der Waals surface area contributed by atoms with Gasteiger partial charge in [0.1, 0.15) is 15.8 Å². The van der Waals surface area contributed by atoms with Crippen molar-refractivity contribution >= 4 is 40.3 Å². The maximum Gasteiger partial charge on any atom is 0.266 e. The molecule has 0 unspecified atom stereocenters. The Bertz CT molecular complexity index is 631. The Kier molecular flexibility index (Phi) is 6.44. The van der Waals surface area contributed by atoms with Crippen molar-refractivity contribution in [2.45, 2.75) is 6.42 Å². The highest BCUT2D eigenvalue weighted by Crippen LogP contribution is 2.35. The van der Waals surface area contributed by atoms with Crippen LogP contribution in [0.5, 0.6) is 11.5 Å². The van der Waals surface area contributed by atoms with Crippen LogP contribution in [0.15, 0.2) is 23.1 Å². The summed E-state index contributed by atoms with van der Waals surface area (Å²) < 4.78 is 16.1. The van der Waals surface area contributed by atoms with Gasteiger partial charge in [0.15, 0.2) is 0 Å². The van der Waals surface area contributed by atoms with E-state index in [4.69, 9.17) is 26.4 Å². The van der Waals surface area contributed by atoms with Gasteiger partial charge in [-0.25, -0.2) is 0 Å². The van der Waals surface area contributed by atoms with E-state index in [0.717, 1.165) is 12.0 Å². The Hall–Kier alpha value is -1.57. The molecule has 1 amide bonds. The zero-order valence-electron chi connectivity index (χ0n) is 13.3. The Balaban J connectivity index is 2.20. The number of rotatable bonds is 7. The van der Waals surface area contributed by atoms with E-state index < -0.39 is 0 Å². The lowest BCUT2D eigenvalue weighted by molar-refractivity contribution is -0.122. The average molecular weight is 353 g/mol. The zero-order valence-corrected chi connectivity index (χ0v) is 15.0. The van der Waals surface area contributed by atoms with Crippen LogP contribution in [0.3, 0.4) is 0 Å². The molecule has 0 saturated carbocycles. The highest BCUT2D eigenvalue weighted by atomic mass is 32.2. The third-order valence-electron chi connectivity index (χ3n) is 3.33. The van der Waals surface area contributed by atoms with Crippen molar-refractivity contribution in [1.29, 1.82) is 0 Å². The van der Waals surface area contributed by atoms with Gasteiger partial charge in [-0.05, 0) is 24.6 Å². The first-order valence-corrected chi connectivity index (χ1v) is 8.29. The van der Waals surface area contributed by atoms with Crippen LogP contribution in [-0.4, -0.2) is 49.6 Å². The first-order valence-electron chi connectivity index (χ1n) is 7.07. The lowest BCUT2D eigenvalue weighted by atomic mass is 10.1. The number of methoxy groups -OCH3 is 3. The molecule has 1 saturated heterocycles. The predicted molar refractivity (Wildman–Crippen MR) is 95.9 cm³/mol. The molecule has 1 fully saturated rings. The Labute approximate surface area is 145 Å². The van der Waals surface area contributed by atoms with E-state index >= 15 is 0 Å². The summed E-state index contributed by atoms with van der Waals surface area (Å²) in [5.74, 6) is 1.27. The zero-order chi connectivity index (χ0) is 16.8. The van der Waals surface area contributed by atoms with Crippen LogP contribution >= 0.6 is 24.0 Å². The van der Waals surface area contributed by atoms with Gasteiger partial charge in [-0.1, -0.05) is 24.0 Å². The molecule has 0 bridgehead atoms. The first-order chi connectivity index (χ1) is 11.1. The fraction of sp³-hybridized carbons (Fsp3) is 0.375. The van der Waals surface area contributed by atoms with Crippen LogP contribution in [0, 0.1) is 0 Å². The summed E-state index contributed by atoms with van der Waals surface area (Å²) in [6.45, 7) is 1.16. The second kappa shape index (κ2) is 8.33. The summed E-state index contributed by atoms with van der Waals surface area (Å²) in [6.07, 6.45) is 2.55. The number of hydrogen-bond acceptors (Lipinski definition) is 6. The SMILES string of the molecule is COCCCN1C(=O)/C(=C\c2ccc(OC)cc2OC)SC1=S. The fourth-order valence-electron chi connectivity index (χ4n) is 2.14. The van der Waals surface area contributed by atoms with Crippen LogP contribution in [0.1, 0.15) is 12.0 Å². The lowest BCUT2D eigenvalue weighted by Crippen LogP contribution is -2.29. The molecule has 1 aliphatic rings. The number of thiocarbonyl (C=S) groups is 1. The van der Waals surface area contributed by atoms with Crippen molar-refractivity contribution in [2.24, 2.45) is 0 Å². The highest BCUT2D eigenvalue weighted by Gasteiger charge is 2.31. The number of thioether (sulfide) groups is 1. The van der Waals surface area contributed by atoms with Crippen LogP contribution < -0.4 is 9.47 Å². The molecule has 0 spiro atoms.